The summed E-state index contributed by atoms with van der Waals surface area (Å²) >= 11 is 0. The predicted molar refractivity (Wildman–Crippen MR) is 90.7 cm³/mol. The molecule has 2 amide bonds. The molecule has 3 rings (SSSR count). The number of hydrogen-bond acceptors (Lipinski definition) is 4. The lowest BCUT2D eigenvalue weighted by atomic mass is 9.93. The van der Waals surface area contributed by atoms with Gasteiger partial charge in [0.1, 0.15) is 11.8 Å². The summed E-state index contributed by atoms with van der Waals surface area (Å²) < 4.78 is 31.9. The second-order valence-corrected chi connectivity index (χ2v) is 7.23. The van der Waals surface area contributed by atoms with Gasteiger partial charge in [-0.3, -0.25) is 14.5 Å². The molecule has 138 valence electrons. The van der Waals surface area contributed by atoms with E-state index in [1.165, 1.54) is 11.0 Å². The molecule has 0 radical (unpaired) electrons. The molecule has 0 spiro atoms. The van der Waals surface area contributed by atoms with Crippen molar-refractivity contribution < 1.29 is 22.9 Å². The van der Waals surface area contributed by atoms with Crippen LogP contribution in [0.15, 0.2) is 28.8 Å². The van der Waals surface area contributed by atoms with E-state index >= 15 is 0 Å². The first-order valence-electron chi connectivity index (χ1n) is 8.22. The minimum atomic E-state index is -1.08. The lowest BCUT2D eigenvalue weighted by Gasteiger charge is -2.23. The summed E-state index contributed by atoms with van der Waals surface area (Å²) in [4.78, 5) is 26.0. The minimum absolute atomic E-state index is 0.141. The van der Waals surface area contributed by atoms with Crippen molar-refractivity contribution in [1.29, 1.82) is 0 Å². The van der Waals surface area contributed by atoms with Crippen molar-refractivity contribution in [2.45, 2.75) is 45.1 Å². The number of benzene rings is 1. The van der Waals surface area contributed by atoms with Gasteiger partial charge < -0.3 is 9.84 Å². The number of anilines is 2. The molecule has 2 aromatic rings. The largest absolute Gasteiger partial charge is 0.359 e. The number of nitrogens with zero attached hydrogens (tertiary/aromatic N) is 2. The Morgan fingerprint density at radius 2 is 2.00 bits per heavy atom. The van der Waals surface area contributed by atoms with Crippen LogP contribution in [0.5, 0.6) is 0 Å². The van der Waals surface area contributed by atoms with Crippen LogP contribution < -0.4 is 10.2 Å². The first kappa shape index (κ1) is 18.0. The van der Waals surface area contributed by atoms with Crippen LogP contribution in [0.4, 0.5) is 20.3 Å². The summed E-state index contributed by atoms with van der Waals surface area (Å²) in [5.74, 6) is -2.04. The maximum absolute atomic E-state index is 13.5. The molecule has 1 aromatic heterocycles. The molecule has 1 fully saturated rings. The van der Waals surface area contributed by atoms with Crippen LogP contribution in [0.3, 0.4) is 0 Å². The van der Waals surface area contributed by atoms with Crippen LogP contribution >= 0.6 is 0 Å². The van der Waals surface area contributed by atoms with Gasteiger partial charge in [0.05, 0.1) is 0 Å². The van der Waals surface area contributed by atoms with E-state index in [2.05, 4.69) is 10.5 Å². The minimum Gasteiger partial charge on any atom is -0.359 e. The standard InChI is InChI=1S/C18H19F2N3O3/c1-18(2,3)14-9-15(22-26-14)21-17(25)13-6-7-16(24)23(13)10-4-5-11(19)12(20)8-10/h4-5,8-9,13H,6-7H2,1-3H3,(H,21,22,25)/t13-/m0/s1. The van der Waals surface area contributed by atoms with Crippen LogP contribution in [0.1, 0.15) is 39.4 Å². The lowest BCUT2D eigenvalue weighted by molar-refractivity contribution is -0.120. The third-order valence-corrected chi connectivity index (χ3v) is 4.20. The summed E-state index contributed by atoms with van der Waals surface area (Å²) in [6, 6.07) is 3.90. The zero-order valence-electron chi connectivity index (χ0n) is 14.7. The Morgan fingerprint density at radius 1 is 1.27 bits per heavy atom. The van der Waals surface area contributed by atoms with Crippen molar-refractivity contribution in [2.75, 3.05) is 10.2 Å². The van der Waals surface area contributed by atoms with Crippen LogP contribution in [0, 0.1) is 11.6 Å². The highest BCUT2D eigenvalue weighted by molar-refractivity contribution is 6.07. The monoisotopic (exact) mass is 363 g/mol. The van der Waals surface area contributed by atoms with Gasteiger partial charge in [0.2, 0.25) is 11.8 Å². The zero-order valence-corrected chi connectivity index (χ0v) is 14.7. The molecule has 1 aromatic carbocycles. The average molecular weight is 363 g/mol. The number of nitrogens with one attached hydrogen (secondary N) is 1. The summed E-state index contributed by atoms with van der Waals surface area (Å²) in [7, 11) is 0. The van der Waals surface area contributed by atoms with E-state index in [-0.39, 0.29) is 35.7 Å². The molecule has 8 heteroatoms. The molecule has 0 bridgehead atoms. The van der Waals surface area contributed by atoms with Gasteiger partial charge in [-0.1, -0.05) is 25.9 Å². The maximum Gasteiger partial charge on any atom is 0.248 e. The summed E-state index contributed by atoms with van der Waals surface area (Å²) in [6.45, 7) is 5.83. The lowest BCUT2D eigenvalue weighted by Crippen LogP contribution is -2.41. The Morgan fingerprint density at radius 3 is 2.62 bits per heavy atom. The van der Waals surface area contributed by atoms with Gasteiger partial charge >= 0.3 is 0 Å². The van der Waals surface area contributed by atoms with Crippen molar-refractivity contribution in [3.05, 3.63) is 41.7 Å². The molecule has 0 saturated carbocycles. The van der Waals surface area contributed by atoms with Gasteiger partial charge in [-0.05, 0) is 18.6 Å². The van der Waals surface area contributed by atoms with Crippen molar-refractivity contribution in [1.82, 2.24) is 5.16 Å². The van der Waals surface area contributed by atoms with Crippen molar-refractivity contribution >= 4 is 23.3 Å². The highest BCUT2D eigenvalue weighted by Crippen LogP contribution is 2.29. The number of aromatic nitrogens is 1. The van der Waals surface area contributed by atoms with Crippen LogP contribution in [-0.2, 0) is 15.0 Å². The Balaban J connectivity index is 1.80. The normalized spacial score (nSPS) is 17.7. The average Bonchev–Trinajstić information content (AvgIpc) is 3.16. The molecule has 26 heavy (non-hydrogen) atoms. The molecule has 2 heterocycles. The molecule has 0 unspecified atom stereocenters. The van der Waals surface area contributed by atoms with Crippen LogP contribution in [0.25, 0.3) is 0 Å². The quantitative estimate of drug-likeness (QED) is 0.907. The van der Waals surface area contributed by atoms with Gasteiger partial charge in [0.25, 0.3) is 0 Å². The Bertz CT molecular complexity index is 858. The van der Waals surface area contributed by atoms with E-state index in [1.54, 1.807) is 6.07 Å². The number of hydrogen-bond donors (Lipinski definition) is 1. The fourth-order valence-corrected chi connectivity index (χ4v) is 2.79. The van der Waals surface area contributed by atoms with Gasteiger partial charge in [0, 0.05) is 29.7 Å². The summed E-state index contributed by atoms with van der Waals surface area (Å²) in [5.41, 5.74) is -0.126. The molecule has 1 aliphatic heterocycles. The highest BCUT2D eigenvalue weighted by Gasteiger charge is 2.38. The van der Waals surface area contributed by atoms with Gasteiger partial charge in [-0.15, -0.1) is 0 Å². The second kappa shape index (κ2) is 6.51. The number of amides is 2. The first-order chi connectivity index (χ1) is 12.2. The van der Waals surface area contributed by atoms with Gasteiger partial charge in [0.15, 0.2) is 17.5 Å². The van der Waals surface area contributed by atoms with Crippen molar-refractivity contribution in [3.8, 4) is 0 Å². The number of carbonyl (C=O) groups excluding carboxylic acids is 2. The number of carbonyl (C=O) groups is 2. The second-order valence-electron chi connectivity index (χ2n) is 7.23. The topological polar surface area (TPSA) is 75.4 Å². The van der Waals surface area contributed by atoms with E-state index in [0.717, 1.165) is 12.1 Å². The van der Waals surface area contributed by atoms with Crippen LogP contribution in [0.2, 0.25) is 0 Å². The SMILES string of the molecule is CC(C)(C)c1cc(NC(=O)[C@@H]2CCC(=O)N2c2ccc(F)c(F)c2)no1. The fourth-order valence-electron chi connectivity index (χ4n) is 2.79. The Labute approximate surface area is 149 Å². The number of halogens is 2. The van der Waals surface area contributed by atoms with Crippen LogP contribution in [-0.4, -0.2) is 23.0 Å². The predicted octanol–water partition coefficient (Wildman–Crippen LogP) is 3.38. The third-order valence-electron chi connectivity index (χ3n) is 4.20. The molecule has 1 saturated heterocycles. The molecule has 0 aliphatic carbocycles. The number of rotatable bonds is 3. The van der Waals surface area contributed by atoms with Crippen molar-refractivity contribution in [3.63, 3.8) is 0 Å². The zero-order chi connectivity index (χ0) is 19.1. The molecule has 1 N–H and O–H groups in total. The van der Waals surface area contributed by atoms with E-state index in [0.29, 0.717) is 5.76 Å². The molecular weight excluding hydrogens is 344 g/mol. The fraction of sp³-hybridized carbons (Fsp3) is 0.389. The molecule has 1 atom stereocenters. The molecule has 6 nitrogen and oxygen atoms in total. The first-order valence-corrected chi connectivity index (χ1v) is 8.22. The van der Waals surface area contributed by atoms with E-state index in [9.17, 15) is 18.4 Å². The molecular formula is C18H19F2N3O3. The summed E-state index contributed by atoms with van der Waals surface area (Å²) in [6.07, 6.45) is 0.413. The van der Waals surface area contributed by atoms with E-state index < -0.39 is 23.6 Å². The van der Waals surface area contributed by atoms with Gasteiger partial charge in [-0.2, -0.15) is 0 Å². The Hall–Kier alpha value is -2.77. The maximum atomic E-state index is 13.5. The summed E-state index contributed by atoms with van der Waals surface area (Å²) in [5, 5.41) is 6.43. The third kappa shape index (κ3) is 3.44. The van der Waals surface area contributed by atoms with E-state index in [4.69, 9.17) is 4.52 Å². The Kier molecular flexibility index (Phi) is 4.52. The van der Waals surface area contributed by atoms with E-state index in [1.807, 2.05) is 20.8 Å². The molecule has 1 aliphatic rings. The highest BCUT2D eigenvalue weighted by atomic mass is 19.2. The van der Waals surface area contributed by atoms with Gasteiger partial charge in [-0.25, -0.2) is 8.78 Å². The smallest absolute Gasteiger partial charge is 0.248 e. The van der Waals surface area contributed by atoms with Crippen molar-refractivity contribution in [2.24, 2.45) is 0 Å².